The Morgan fingerprint density at radius 3 is 2.36 bits per heavy atom. The molecule has 0 fully saturated rings. The van der Waals surface area contributed by atoms with E-state index in [1.54, 1.807) is 0 Å². The molecule has 0 saturated heterocycles. The van der Waals surface area contributed by atoms with Crippen LogP contribution < -0.4 is 10.6 Å². The molecule has 0 spiro atoms. The van der Waals surface area contributed by atoms with Gasteiger partial charge in [-0.1, -0.05) is 57.2 Å². The molecule has 0 radical (unpaired) electrons. The molecule has 0 heterocycles. The van der Waals surface area contributed by atoms with E-state index in [2.05, 4.69) is 10.6 Å². The number of rotatable bonds is 6. The van der Waals surface area contributed by atoms with Crippen molar-refractivity contribution in [2.75, 3.05) is 13.1 Å². The van der Waals surface area contributed by atoms with E-state index in [-0.39, 0.29) is 30.3 Å². The van der Waals surface area contributed by atoms with Crippen molar-refractivity contribution >= 4 is 22.6 Å². The van der Waals surface area contributed by atoms with Crippen LogP contribution in [0.4, 0.5) is 0 Å². The van der Waals surface area contributed by atoms with E-state index in [9.17, 15) is 14.7 Å². The van der Waals surface area contributed by atoms with Crippen molar-refractivity contribution in [2.24, 2.45) is 5.41 Å². The van der Waals surface area contributed by atoms with Gasteiger partial charge in [-0.3, -0.25) is 9.59 Å². The first-order chi connectivity index (χ1) is 11.7. The van der Waals surface area contributed by atoms with Gasteiger partial charge in [-0.15, -0.1) is 0 Å². The smallest absolute Gasteiger partial charge is 0.239 e. The molecule has 2 amide bonds. The number of aliphatic hydroxyl groups is 1. The predicted octanol–water partition coefficient (Wildman–Crippen LogP) is 2.54. The summed E-state index contributed by atoms with van der Waals surface area (Å²) in [4.78, 5) is 23.5. The van der Waals surface area contributed by atoms with Crippen LogP contribution in [0.2, 0.25) is 0 Å². The molecule has 5 nitrogen and oxygen atoms in total. The zero-order chi connectivity index (χ0) is 18.4. The minimum Gasteiger partial charge on any atom is -0.387 e. The summed E-state index contributed by atoms with van der Waals surface area (Å²) in [6, 6.07) is 13.6. The molecule has 0 aliphatic heterocycles. The Morgan fingerprint density at radius 1 is 1.00 bits per heavy atom. The van der Waals surface area contributed by atoms with Crippen LogP contribution in [-0.2, 0) is 9.59 Å². The minimum absolute atomic E-state index is 0.0840. The molecule has 5 heteroatoms. The SMILES string of the molecule is CC(C)(C)CC(=O)NCC(=O)NC[C@H](O)c1ccc2ccccc2c1. The normalized spacial score (nSPS) is 12.6. The lowest BCUT2D eigenvalue weighted by molar-refractivity contribution is -0.127. The molecule has 2 aromatic rings. The van der Waals surface area contributed by atoms with Crippen LogP contribution in [0.5, 0.6) is 0 Å². The fourth-order valence-electron chi connectivity index (χ4n) is 2.53. The van der Waals surface area contributed by atoms with Crippen molar-refractivity contribution < 1.29 is 14.7 Å². The number of carbonyl (C=O) groups excluding carboxylic acids is 2. The zero-order valence-electron chi connectivity index (χ0n) is 15.0. The number of nitrogens with one attached hydrogen (secondary N) is 2. The van der Waals surface area contributed by atoms with Gasteiger partial charge in [0.2, 0.25) is 11.8 Å². The summed E-state index contributed by atoms with van der Waals surface area (Å²) in [5, 5.41) is 17.6. The van der Waals surface area contributed by atoms with E-state index in [4.69, 9.17) is 0 Å². The van der Waals surface area contributed by atoms with Crippen molar-refractivity contribution in [1.29, 1.82) is 0 Å². The number of fused-ring (bicyclic) bond motifs is 1. The van der Waals surface area contributed by atoms with Crippen LogP contribution in [-0.4, -0.2) is 30.0 Å². The van der Waals surface area contributed by atoms with Crippen molar-refractivity contribution in [3.63, 3.8) is 0 Å². The van der Waals surface area contributed by atoms with Crippen LogP contribution in [0, 0.1) is 5.41 Å². The van der Waals surface area contributed by atoms with Gasteiger partial charge in [0.15, 0.2) is 0 Å². The van der Waals surface area contributed by atoms with Gasteiger partial charge in [0, 0.05) is 13.0 Å². The van der Waals surface area contributed by atoms with E-state index < -0.39 is 6.10 Å². The van der Waals surface area contributed by atoms with Gasteiger partial charge in [-0.2, -0.15) is 0 Å². The van der Waals surface area contributed by atoms with Gasteiger partial charge in [-0.25, -0.2) is 0 Å². The van der Waals surface area contributed by atoms with Gasteiger partial charge in [0.1, 0.15) is 0 Å². The van der Waals surface area contributed by atoms with E-state index in [1.165, 1.54) is 0 Å². The van der Waals surface area contributed by atoms with E-state index >= 15 is 0 Å². The number of hydrogen-bond acceptors (Lipinski definition) is 3. The number of amides is 2. The first-order valence-electron chi connectivity index (χ1n) is 8.45. The average molecular weight is 342 g/mol. The maximum absolute atomic E-state index is 11.8. The second-order valence-electron chi connectivity index (χ2n) is 7.44. The Balaban J connectivity index is 1.81. The van der Waals surface area contributed by atoms with Crippen LogP contribution in [0.1, 0.15) is 38.9 Å². The molecule has 0 bridgehead atoms. The molecular formula is C20H26N2O3. The highest BCUT2D eigenvalue weighted by Gasteiger charge is 2.16. The number of carbonyl (C=O) groups is 2. The van der Waals surface area contributed by atoms with E-state index in [1.807, 2.05) is 63.2 Å². The summed E-state index contributed by atoms with van der Waals surface area (Å²) < 4.78 is 0. The molecule has 0 unspecified atom stereocenters. The monoisotopic (exact) mass is 342 g/mol. The summed E-state index contributed by atoms with van der Waals surface area (Å²) in [6.07, 6.45) is -0.432. The minimum atomic E-state index is -0.793. The predicted molar refractivity (Wildman–Crippen MR) is 99.0 cm³/mol. The maximum atomic E-state index is 11.8. The van der Waals surface area contributed by atoms with Crippen molar-refractivity contribution in [2.45, 2.75) is 33.3 Å². The first-order valence-corrected chi connectivity index (χ1v) is 8.45. The van der Waals surface area contributed by atoms with Crippen molar-refractivity contribution in [3.05, 3.63) is 48.0 Å². The highest BCUT2D eigenvalue weighted by Crippen LogP contribution is 2.20. The standard InChI is InChI=1S/C20H26N2O3/c1-20(2,3)11-18(24)22-13-19(25)21-12-17(23)16-9-8-14-6-4-5-7-15(14)10-16/h4-10,17,23H,11-13H2,1-3H3,(H,21,25)(H,22,24)/t17-/m0/s1. The number of hydrogen-bond donors (Lipinski definition) is 3. The molecule has 2 rings (SSSR count). The molecule has 0 aliphatic rings. The summed E-state index contributed by atoms with van der Waals surface area (Å²) in [5.74, 6) is -0.472. The molecule has 3 N–H and O–H groups in total. The first kappa shape index (κ1) is 18.9. The molecule has 25 heavy (non-hydrogen) atoms. The Labute approximate surface area is 148 Å². The highest BCUT2D eigenvalue weighted by molar-refractivity contribution is 5.85. The fourth-order valence-corrected chi connectivity index (χ4v) is 2.53. The van der Waals surface area contributed by atoms with Gasteiger partial charge < -0.3 is 15.7 Å². The summed E-state index contributed by atoms with van der Waals surface area (Å²) in [7, 11) is 0. The Hall–Kier alpha value is -2.40. The van der Waals surface area contributed by atoms with Gasteiger partial charge >= 0.3 is 0 Å². The summed E-state index contributed by atoms with van der Waals surface area (Å²) >= 11 is 0. The van der Waals surface area contributed by atoms with Gasteiger partial charge in [0.25, 0.3) is 0 Å². The third kappa shape index (κ3) is 6.19. The Kier molecular flexibility index (Phi) is 6.15. The molecular weight excluding hydrogens is 316 g/mol. The third-order valence-corrected chi connectivity index (χ3v) is 3.79. The average Bonchev–Trinajstić information content (AvgIpc) is 2.56. The van der Waals surface area contributed by atoms with E-state index in [0.29, 0.717) is 6.42 Å². The zero-order valence-corrected chi connectivity index (χ0v) is 15.0. The topological polar surface area (TPSA) is 78.4 Å². The van der Waals surface area contributed by atoms with E-state index in [0.717, 1.165) is 16.3 Å². The van der Waals surface area contributed by atoms with Crippen LogP contribution in [0.15, 0.2) is 42.5 Å². The Bertz CT molecular complexity index is 750. The molecule has 0 saturated carbocycles. The number of benzene rings is 2. The molecule has 134 valence electrons. The molecule has 1 atom stereocenters. The fraction of sp³-hybridized carbons (Fsp3) is 0.400. The third-order valence-electron chi connectivity index (χ3n) is 3.79. The van der Waals surface area contributed by atoms with Crippen molar-refractivity contribution in [3.8, 4) is 0 Å². The quantitative estimate of drug-likeness (QED) is 0.755. The lowest BCUT2D eigenvalue weighted by atomic mass is 9.92. The van der Waals surface area contributed by atoms with Gasteiger partial charge in [0.05, 0.1) is 12.6 Å². The lowest BCUT2D eigenvalue weighted by Gasteiger charge is -2.17. The molecule has 0 aliphatic carbocycles. The number of aliphatic hydroxyl groups excluding tert-OH is 1. The second kappa shape index (κ2) is 8.12. The molecule has 0 aromatic heterocycles. The maximum Gasteiger partial charge on any atom is 0.239 e. The van der Waals surface area contributed by atoms with Crippen LogP contribution in [0.25, 0.3) is 10.8 Å². The highest BCUT2D eigenvalue weighted by atomic mass is 16.3. The summed E-state index contributed by atoms with van der Waals surface area (Å²) in [5.41, 5.74) is 0.628. The van der Waals surface area contributed by atoms with Gasteiger partial charge in [-0.05, 0) is 27.8 Å². The second-order valence-corrected chi connectivity index (χ2v) is 7.44. The lowest BCUT2D eigenvalue weighted by Crippen LogP contribution is -2.39. The Morgan fingerprint density at radius 2 is 1.68 bits per heavy atom. The largest absolute Gasteiger partial charge is 0.387 e. The van der Waals surface area contributed by atoms with Crippen LogP contribution >= 0.6 is 0 Å². The van der Waals surface area contributed by atoms with Crippen LogP contribution in [0.3, 0.4) is 0 Å². The molecule has 2 aromatic carbocycles. The van der Waals surface area contributed by atoms with Crippen molar-refractivity contribution in [1.82, 2.24) is 10.6 Å². The summed E-state index contributed by atoms with van der Waals surface area (Å²) in [6.45, 7) is 5.91.